The predicted octanol–water partition coefficient (Wildman–Crippen LogP) is 0.936. The van der Waals surface area contributed by atoms with E-state index in [1.165, 1.54) is 23.1 Å². The van der Waals surface area contributed by atoms with E-state index in [0.717, 1.165) is 0 Å². The minimum atomic E-state index is -3.24. The lowest BCUT2D eigenvalue weighted by atomic mass is 10.1. The van der Waals surface area contributed by atoms with Crippen molar-refractivity contribution in [3.8, 4) is 5.75 Å². The third-order valence-electron chi connectivity index (χ3n) is 4.05. The van der Waals surface area contributed by atoms with Crippen LogP contribution in [0.25, 0.3) is 0 Å². The van der Waals surface area contributed by atoms with E-state index >= 15 is 0 Å². The molecule has 0 radical (unpaired) electrons. The second-order valence-electron chi connectivity index (χ2n) is 5.88. The van der Waals surface area contributed by atoms with Gasteiger partial charge in [0.1, 0.15) is 0 Å². The van der Waals surface area contributed by atoms with Gasteiger partial charge in [0.25, 0.3) is 5.91 Å². The van der Waals surface area contributed by atoms with Gasteiger partial charge in [0, 0.05) is 25.4 Å². The molecule has 3 rings (SSSR count). The van der Waals surface area contributed by atoms with E-state index in [2.05, 4.69) is 5.10 Å². The van der Waals surface area contributed by atoms with Crippen LogP contribution in [0.15, 0.2) is 36.7 Å². The Labute approximate surface area is 144 Å². The molecule has 1 aromatic carbocycles. The topological polar surface area (TPSA) is 81.5 Å². The van der Waals surface area contributed by atoms with Gasteiger partial charge in [-0.3, -0.25) is 9.48 Å². The summed E-state index contributed by atoms with van der Waals surface area (Å²) in [6.45, 7) is -0.293. The molecule has 0 N–H and O–H groups in total. The first-order valence-corrected chi connectivity index (χ1v) is 9.53. The number of halogens is 1. The second kappa shape index (κ2) is 6.83. The highest BCUT2D eigenvalue weighted by atomic mass is 32.2. The quantitative estimate of drug-likeness (QED) is 0.803. The molecule has 1 amide bonds. The zero-order chi connectivity index (χ0) is 18.0. The Hall–Kier alpha value is -2.42. The van der Waals surface area contributed by atoms with Crippen LogP contribution in [0.4, 0.5) is 4.39 Å². The van der Waals surface area contributed by atoms with Gasteiger partial charge >= 0.3 is 0 Å². The van der Waals surface area contributed by atoms with Crippen LogP contribution >= 0.6 is 0 Å². The number of hydrogen-bond donors (Lipinski definition) is 0. The maximum Gasteiger partial charge on any atom is 0.261 e. The lowest BCUT2D eigenvalue weighted by molar-refractivity contribution is -0.135. The van der Waals surface area contributed by atoms with E-state index in [1.807, 2.05) is 0 Å². The first kappa shape index (κ1) is 17.4. The number of nitrogens with zero attached hydrogens (tertiary/aromatic N) is 3. The number of aryl methyl sites for hydroxylation is 1. The molecule has 1 atom stereocenters. The van der Waals surface area contributed by atoms with Crippen molar-refractivity contribution in [1.29, 1.82) is 0 Å². The van der Waals surface area contributed by atoms with Crippen molar-refractivity contribution in [3.05, 3.63) is 48.0 Å². The molecule has 0 unspecified atom stereocenters. The van der Waals surface area contributed by atoms with Crippen LogP contribution in [0.1, 0.15) is 11.6 Å². The van der Waals surface area contributed by atoms with E-state index in [4.69, 9.17) is 4.74 Å². The molecule has 25 heavy (non-hydrogen) atoms. The molecule has 0 spiro atoms. The highest BCUT2D eigenvalue weighted by molar-refractivity contribution is 7.91. The van der Waals surface area contributed by atoms with Crippen molar-refractivity contribution in [1.82, 2.24) is 14.7 Å². The minimum absolute atomic E-state index is 0.0154. The monoisotopic (exact) mass is 367 g/mol. The summed E-state index contributed by atoms with van der Waals surface area (Å²) in [5.74, 6) is -1.23. The van der Waals surface area contributed by atoms with E-state index in [0.29, 0.717) is 5.56 Å². The Bertz CT molecular complexity index is 881. The SMILES string of the molecule is Cn1cc([C@@H]2CS(=O)(=O)CCN2C(=O)COc2ccccc2F)cn1. The fraction of sp³-hybridized carbons (Fsp3) is 0.375. The first-order chi connectivity index (χ1) is 11.9. The van der Waals surface area contributed by atoms with Crippen LogP contribution in [0.2, 0.25) is 0 Å². The molecule has 7 nitrogen and oxygen atoms in total. The van der Waals surface area contributed by atoms with Crippen LogP contribution in [0.5, 0.6) is 5.75 Å². The molecule has 2 heterocycles. The summed E-state index contributed by atoms with van der Waals surface area (Å²) in [5.41, 5.74) is 0.644. The normalized spacial score (nSPS) is 19.6. The lowest BCUT2D eigenvalue weighted by Crippen LogP contribution is -2.47. The van der Waals surface area contributed by atoms with Crippen molar-refractivity contribution in [2.45, 2.75) is 6.04 Å². The Kier molecular flexibility index (Phi) is 4.76. The molecule has 0 saturated carbocycles. The molecule has 134 valence electrons. The predicted molar refractivity (Wildman–Crippen MR) is 88.2 cm³/mol. The van der Waals surface area contributed by atoms with Gasteiger partial charge in [-0.2, -0.15) is 5.10 Å². The molecule has 0 bridgehead atoms. The van der Waals surface area contributed by atoms with E-state index < -0.39 is 27.6 Å². The number of carbonyl (C=O) groups excluding carboxylic acids is 1. The lowest BCUT2D eigenvalue weighted by Gasteiger charge is -2.34. The van der Waals surface area contributed by atoms with Gasteiger partial charge in [0.15, 0.2) is 28.0 Å². The number of rotatable bonds is 4. The number of amides is 1. The number of sulfone groups is 1. The largest absolute Gasteiger partial charge is 0.481 e. The Balaban J connectivity index is 1.76. The van der Waals surface area contributed by atoms with Crippen LogP contribution < -0.4 is 4.74 Å². The van der Waals surface area contributed by atoms with Crippen LogP contribution in [0.3, 0.4) is 0 Å². The smallest absolute Gasteiger partial charge is 0.261 e. The molecule has 1 aliphatic rings. The van der Waals surface area contributed by atoms with Gasteiger partial charge in [-0.25, -0.2) is 12.8 Å². The average Bonchev–Trinajstić information content (AvgIpc) is 2.99. The molecule has 1 saturated heterocycles. The summed E-state index contributed by atoms with van der Waals surface area (Å²) in [6.07, 6.45) is 3.23. The maximum atomic E-state index is 13.6. The maximum absolute atomic E-state index is 13.6. The Morgan fingerprint density at radius 1 is 1.40 bits per heavy atom. The van der Waals surface area contributed by atoms with Gasteiger partial charge in [0.2, 0.25) is 0 Å². The van der Waals surface area contributed by atoms with Crippen LogP contribution in [-0.4, -0.2) is 53.7 Å². The van der Waals surface area contributed by atoms with Crippen molar-refractivity contribution in [3.63, 3.8) is 0 Å². The number of aromatic nitrogens is 2. The van der Waals surface area contributed by atoms with Crippen molar-refractivity contribution in [2.75, 3.05) is 24.7 Å². The highest BCUT2D eigenvalue weighted by Crippen LogP contribution is 2.27. The summed E-state index contributed by atoms with van der Waals surface area (Å²) in [6, 6.07) is 5.18. The number of carbonyl (C=O) groups is 1. The van der Waals surface area contributed by atoms with Crippen molar-refractivity contribution < 1.29 is 22.3 Å². The summed E-state index contributed by atoms with van der Waals surface area (Å²) >= 11 is 0. The summed E-state index contributed by atoms with van der Waals surface area (Å²) in [7, 11) is -1.53. The zero-order valence-corrected chi connectivity index (χ0v) is 14.4. The first-order valence-electron chi connectivity index (χ1n) is 7.71. The highest BCUT2D eigenvalue weighted by Gasteiger charge is 2.35. The molecule has 1 aromatic heterocycles. The van der Waals surface area contributed by atoms with Gasteiger partial charge in [0.05, 0.1) is 23.7 Å². The number of hydrogen-bond acceptors (Lipinski definition) is 5. The van der Waals surface area contributed by atoms with Crippen molar-refractivity contribution >= 4 is 15.7 Å². The fourth-order valence-electron chi connectivity index (χ4n) is 2.78. The van der Waals surface area contributed by atoms with E-state index in [9.17, 15) is 17.6 Å². The minimum Gasteiger partial charge on any atom is -0.481 e. The molecule has 9 heteroatoms. The molecule has 1 fully saturated rings. The third kappa shape index (κ3) is 3.98. The number of ether oxygens (including phenoxy) is 1. The summed E-state index contributed by atoms with van der Waals surface area (Å²) in [5, 5.41) is 4.04. The van der Waals surface area contributed by atoms with Gasteiger partial charge < -0.3 is 9.64 Å². The van der Waals surface area contributed by atoms with Gasteiger partial charge in [-0.1, -0.05) is 12.1 Å². The number of benzene rings is 1. The number of para-hydroxylation sites is 1. The Morgan fingerprint density at radius 2 is 2.16 bits per heavy atom. The van der Waals surface area contributed by atoms with Crippen LogP contribution in [0, 0.1) is 5.82 Å². The third-order valence-corrected chi connectivity index (χ3v) is 5.68. The summed E-state index contributed by atoms with van der Waals surface area (Å²) < 4.78 is 44.4. The average molecular weight is 367 g/mol. The fourth-order valence-corrected chi connectivity index (χ4v) is 4.27. The van der Waals surface area contributed by atoms with Gasteiger partial charge in [-0.15, -0.1) is 0 Å². The molecular weight excluding hydrogens is 349 g/mol. The van der Waals surface area contributed by atoms with Crippen LogP contribution in [-0.2, 0) is 21.7 Å². The van der Waals surface area contributed by atoms with E-state index in [-0.39, 0.29) is 30.4 Å². The van der Waals surface area contributed by atoms with Gasteiger partial charge in [-0.05, 0) is 12.1 Å². The molecule has 2 aromatic rings. The second-order valence-corrected chi connectivity index (χ2v) is 8.11. The molecular formula is C16H18FN3O4S. The zero-order valence-electron chi connectivity index (χ0n) is 13.6. The Morgan fingerprint density at radius 3 is 2.84 bits per heavy atom. The molecule has 1 aliphatic heterocycles. The summed E-state index contributed by atoms with van der Waals surface area (Å²) in [4.78, 5) is 14.0. The molecule has 0 aliphatic carbocycles. The van der Waals surface area contributed by atoms with Crippen molar-refractivity contribution in [2.24, 2.45) is 7.05 Å². The van der Waals surface area contributed by atoms with E-state index in [1.54, 1.807) is 30.2 Å². The standard InChI is InChI=1S/C16H18FN3O4S/c1-19-9-12(8-18-19)14-11-25(22,23)7-6-20(14)16(21)10-24-15-5-3-2-4-13(15)17/h2-5,8-9,14H,6-7,10-11H2,1H3/t14-/m0/s1.